The van der Waals surface area contributed by atoms with Gasteiger partial charge >= 0.3 is 0 Å². The van der Waals surface area contributed by atoms with Gasteiger partial charge < -0.3 is 9.64 Å². The maximum atomic E-state index is 13.5. The van der Waals surface area contributed by atoms with Gasteiger partial charge in [0.05, 0.1) is 23.0 Å². The Morgan fingerprint density at radius 2 is 2.19 bits per heavy atom. The molecule has 2 N–H and O–H groups in total. The van der Waals surface area contributed by atoms with Crippen molar-refractivity contribution < 1.29 is 22.3 Å². The first-order chi connectivity index (χ1) is 9.71. The summed E-state index contributed by atoms with van der Waals surface area (Å²) in [6, 6.07) is 2.60. The number of halogens is 2. The Balaban J connectivity index is 2.31. The predicted molar refractivity (Wildman–Crippen MR) is 79.1 cm³/mol. The fourth-order valence-electron chi connectivity index (χ4n) is 2.35. The molecule has 1 amide bonds. The Morgan fingerprint density at radius 1 is 1.52 bits per heavy atom. The maximum Gasteiger partial charge on any atom is 0.227 e. The zero-order valence-electron chi connectivity index (χ0n) is 11.2. The molecule has 1 aromatic rings. The summed E-state index contributed by atoms with van der Waals surface area (Å²) in [5.41, 5.74) is 0.396. The second kappa shape index (κ2) is 5.90. The van der Waals surface area contributed by atoms with Crippen LogP contribution in [-0.4, -0.2) is 33.7 Å². The molecule has 9 heteroatoms. The number of carbonyl (C=O) groups excluding carboxylic acids is 1. The van der Waals surface area contributed by atoms with Gasteiger partial charge in [-0.25, -0.2) is 17.9 Å². The normalized spacial score (nSPS) is 19.1. The molecule has 1 unspecified atom stereocenters. The molecule has 1 aliphatic rings. The quantitative estimate of drug-likeness (QED) is 0.850. The van der Waals surface area contributed by atoms with Crippen LogP contribution in [0.1, 0.15) is 6.42 Å². The molecule has 1 aromatic carbocycles. The molecule has 1 saturated heterocycles. The van der Waals surface area contributed by atoms with Crippen LogP contribution in [0.5, 0.6) is 5.75 Å². The van der Waals surface area contributed by atoms with Crippen molar-refractivity contribution in [2.24, 2.45) is 11.1 Å². The van der Waals surface area contributed by atoms with Crippen molar-refractivity contribution in [1.82, 2.24) is 0 Å². The summed E-state index contributed by atoms with van der Waals surface area (Å²) in [6.07, 6.45) is 0.0780. The van der Waals surface area contributed by atoms with E-state index in [1.54, 1.807) is 0 Å². The van der Waals surface area contributed by atoms with Crippen LogP contribution in [0, 0.1) is 11.7 Å². The number of sulfonamides is 1. The molecule has 0 bridgehead atoms. The van der Waals surface area contributed by atoms with E-state index in [9.17, 15) is 17.6 Å². The second-order valence-corrected chi connectivity index (χ2v) is 7.36. The molecule has 1 heterocycles. The third-order valence-electron chi connectivity index (χ3n) is 3.19. The molecule has 1 fully saturated rings. The average Bonchev–Trinajstić information content (AvgIpc) is 2.70. The zero-order chi connectivity index (χ0) is 15.8. The Labute approximate surface area is 130 Å². The fourth-order valence-corrected chi connectivity index (χ4v) is 3.56. The number of nitrogens with two attached hydrogens (primary N) is 1. The highest BCUT2D eigenvalue weighted by molar-refractivity contribution is 9.10. The number of hydrogen-bond donors (Lipinski definition) is 1. The standard InChI is InChI=1S/C12H14BrFN2O4S/c1-20-11-4-9(14)8(13)3-10(11)16-5-7(2-12(16)17)6-21(15,18)19/h3-4,7H,2,5-6H2,1H3,(H2,15,18,19). The van der Waals surface area contributed by atoms with Gasteiger partial charge in [-0.2, -0.15) is 0 Å². The number of anilines is 1. The summed E-state index contributed by atoms with van der Waals surface area (Å²) in [4.78, 5) is 13.4. The van der Waals surface area contributed by atoms with Gasteiger partial charge in [0.15, 0.2) is 0 Å². The molecular formula is C12H14BrFN2O4S. The van der Waals surface area contributed by atoms with Crippen molar-refractivity contribution in [2.45, 2.75) is 6.42 Å². The number of nitrogens with zero attached hydrogens (tertiary/aromatic N) is 1. The Hall–Kier alpha value is -1.19. The van der Waals surface area contributed by atoms with Crippen LogP contribution >= 0.6 is 15.9 Å². The van der Waals surface area contributed by atoms with Crippen molar-refractivity contribution in [3.63, 3.8) is 0 Å². The van der Waals surface area contributed by atoms with Gasteiger partial charge in [-0.3, -0.25) is 4.79 Å². The minimum Gasteiger partial charge on any atom is -0.494 e. The minimum absolute atomic E-state index is 0.0780. The summed E-state index contributed by atoms with van der Waals surface area (Å²) in [5.74, 6) is -1.20. The Bertz CT molecular complexity index is 680. The third kappa shape index (κ3) is 3.72. The molecule has 0 aliphatic carbocycles. The van der Waals surface area contributed by atoms with E-state index in [2.05, 4.69) is 15.9 Å². The second-order valence-electron chi connectivity index (χ2n) is 4.84. The maximum absolute atomic E-state index is 13.5. The van der Waals surface area contributed by atoms with Crippen LogP contribution in [0.4, 0.5) is 10.1 Å². The average molecular weight is 381 g/mol. The lowest BCUT2D eigenvalue weighted by atomic mass is 10.1. The molecular weight excluding hydrogens is 367 g/mol. The molecule has 0 spiro atoms. The zero-order valence-corrected chi connectivity index (χ0v) is 13.6. The van der Waals surface area contributed by atoms with Crippen molar-refractivity contribution in [2.75, 3.05) is 24.3 Å². The summed E-state index contributed by atoms with van der Waals surface area (Å²) in [6.45, 7) is 0.198. The summed E-state index contributed by atoms with van der Waals surface area (Å²) in [7, 11) is -2.28. The Kier molecular flexibility index (Phi) is 4.54. The fraction of sp³-hybridized carbons (Fsp3) is 0.417. The molecule has 1 aliphatic heterocycles. The SMILES string of the molecule is COc1cc(F)c(Br)cc1N1CC(CS(N)(=O)=O)CC1=O. The van der Waals surface area contributed by atoms with Crippen LogP contribution in [-0.2, 0) is 14.8 Å². The van der Waals surface area contributed by atoms with E-state index in [1.807, 2.05) is 0 Å². The van der Waals surface area contributed by atoms with E-state index >= 15 is 0 Å². The van der Waals surface area contributed by atoms with Crippen LogP contribution in [0.25, 0.3) is 0 Å². The molecule has 0 aromatic heterocycles. The van der Waals surface area contributed by atoms with Gasteiger partial charge in [0, 0.05) is 24.9 Å². The summed E-state index contributed by atoms with van der Waals surface area (Å²) < 4.78 is 41.0. The van der Waals surface area contributed by atoms with Crippen LogP contribution in [0.3, 0.4) is 0 Å². The lowest BCUT2D eigenvalue weighted by Crippen LogP contribution is -2.27. The Morgan fingerprint density at radius 3 is 2.76 bits per heavy atom. The van der Waals surface area contributed by atoms with Crippen LogP contribution < -0.4 is 14.8 Å². The lowest BCUT2D eigenvalue weighted by Gasteiger charge is -2.20. The van der Waals surface area contributed by atoms with E-state index in [0.717, 1.165) is 0 Å². The molecule has 1 atom stereocenters. The van der Waals surface area contributed by atoms with Crippen LogP contribution in [0.2, 0.25) is 0 Å². The third-order valence-corrected chi connectivity index (χ3v) is 4.73. The van der Waals surface area contributed by atoms with Crippen molar-refractivity contribution in [3.05, 3.63) is 22.4 Å². The minimum atomic E-state index is -3.65. The summed E-state index contributed by atoms with van der Waals surface area (Å²) >= 11 is 3.06. The highest BCUT2D eigenvalue weighted by Gasteiger charge is 2.34. The highest BCUT2D eigenvalue weighted by atomic mass is 79.9. The summed E-state index contributed by atoms with van der Waals surface area (Å²) in [5, 5.41) is 5.01. The number of hydrogen-bond acceptors (Lipinski definition) is 4. The van der Waals surface area contributed by atoms with E-state index in [0.29, 0.717) is 5.69 Å². The van der Waals surface area contributed by atoms with Gasteiger partial charge in [0.1, 0.15) is 11.6 Å². The van der Waals surface area contributed by atoms with E-state index in [1.165, 1.54) is 24.1 Å². The number of amides is 1. The molecule has 0 saturated carbocycles. The first kappa shape index (κ1) is 16.2. The molecule has 2 rings (SSSR count). The first-order valence-electron chi connectivity index (χ1n) is 6.05. The number of carbonyl (C=O) groups is 1. The number of benzene rings is 1. The van der Waals surface area contributed by atoms with Crippen LogP contribution in [0.15, 0.2) is 16.6 Å². The molecule has 116 valence electrons. The predicted octanol–water partition coefficient (Wildman–Crippen LogP) is 1.24. The molecule has 0 radical (unpaired) electrons. The molecule has 21 heavy (non-hydrogen) atoms. The van der Waals surface area contributed by atoms with Crippen molar-refractivity contribution >= 4 is 37.5 Å². The van der Waals surface area contributed by atoms with Gasteiger partial charge in [0.2, 0.25) is 15.9 Å². The first-order valence-corrected chi connectivity index (χ1v) is 8.56. The lowest BCUT2D eigenvalue weighted by molar-refractivity contribution is -0.117. The van der Waals surface area contributed by atoms with E-state index in [-0.39, 0.29) is 40.8 Å². The number of methoxy groups -OCH3 is 1. The van der Waals surface area contributed by atoms with Crippen molar-refractivity contribution in [3.8, 4) is 5.75 Å². The van der Waals surface area contributed by atoms with E-state index < -0.39 is 15.8 Å². The highest BCUT2D eigenvalue weighted by Crippen LogP contribution is 2.36. The largest absolute Gasteiger partial charge is 0.494 e. The van der Waals surface area contributed by atoms with E-state index in [4.69, 9.17) is 9.88 Å². The van der Waals surface area contributed by atoms with Gasteiger partial charge in [-0.1, -0.05) is 0 Å². The van der Waals surface area contributed by atoms with Crippen molar-refractivity contribution in [1.29, 1.82) is 0 Å². The number of rotatable bonds is 4. The van der Waals surface area contributed by atoms with Gasteiger partial charge in [0.25, 0.3) is 0 Å². The topological polar surface area (TPSA) is 89.7 Å². The number of ether oxygens (including phenoxy) is 1. The number of primary sulfonamides is 1. The molecule has 6 nitrogen and oxygen atoms in total. The smallest absolute Gasteiger partial charge is 0.227 e. The van der Waals surface area contributed by atoms with Gasteiger partial charge in [-0.15, -0.1) is 0 Å². The van der Waals surface area contributed by atoms with Gasteiger partial charge in [-0.05, 0) is 22.0 Å². The monoisotopic (exact) mass is 380 g/mol.